The Kier molecular flexibility index (Phi) is 7.41. The zero-order chi connectivity index (χ0) is 33.3. The molecule has 4 heterocycles. The van der Waals surface area contributed by atoms with Gasteiger partial charge in [0, 0.05) is 63.4 Å². The van der Waals surface area contributed by atoms with E-state index in [1.807, 2.05) is 42.7 Å². The molecule has 9 aromatic rings. The minimum atomic E-state index is 0.637. The van der Waals surface area contributed by atoms with Crippen LogP contribution in [0.4, 0.5) is 0 Å². The summed E-state index contributed by atoms with van der Waals surface area (Å²) in [4.78, 5) is 24.1. The Bertz CT molecular complexity index is 2530. The van der Waals surface area contributed by atoms with Crippen molar-refractivity contribution < 1.29 is 0 Å². The number of aromatic nitrogens is 5. The van der Waals surface area contributed by atoms with E-state index >= 15 is 0 Å². The number of fused-ring (bicyclic) bond motifs is 2. The van der Waals surface area contributed by atoms with Gasteiger partial charge in [0.15, 0.2) is 5.82 Å². The minimum Gasteiger partial charge on any atom is -0.265 e. The van der Waals surface area contributed by atoms with Crippen LogP contribution in [0.25, 0.3) is 89.1 Å². The average Bonchev–Trinajstić information content (AvgIpc) is 3.21. The highest BCUT2D eigenvalue weighted by molar-refractivity contribution is 5.98. The number of rotatable bonds is 6. The molecule has 5 aromatic carbocycles. The largest absolute Gasteiger partial charge is 0.265 e. The number of benzene rings is 5. The van der Waals surface area contributed by atoms with Crippen molar-refractivity contribution in [3.63, 3.8) is 0 Å². The molecule has 0 aliphatic carbocycles. The Morgan fingerprint density at radius 2 is 0.840 bits per heavy atom. The second kappa shape index (κ2) is 12.6. The van der Waals surface area contributed by atoms with E-state index in [4.69, 9.17) is 19.9 Å². The maximum atomic E-state index is 5.19. The first-order valence-electron chi connectivity index (χ1n) is 16.6. The Labute approximate surface area is 289 Å². The fraction of sp³-hybridized carbons (Fsp3) is 0. The van der Waals surface area contributed by atoms with Crippen molar-refractivity contribution in [2.24, 2.45) is 0 Å². The van der Waals surface area contributed by atoms with Crippen LogP contribution in [-0.2, 0) is 0 Å². The van der Waals surface area contributed by atoms with E-state index in [2.05, 4.69) is 126 Å². The van der Waals surface area contributed by atoms with E-state index in [9.17, 15) is 0 Å². The van der Waals surface area contributed by atoms with E-state index in [0.29, 0.717) is 5.82 Å². The van der Waals surface area contributed by atoms with Crippen LogP contribution in [0.3, 0.4) is 0 Å². The lowest BCUT2D eigenvalue weighted by molar-refractivity contribution is 1.18. The quantitative estimate of drug-likeness (QED) is 0.181. The molecule has 0 unspecified atom stereocenters. The normalized spacial score (nSPS) is 11.2. The molecule has 0 atom stereocenters. The molecule has 0 fully saturated rings. The molecule has 0 saturated carbocycles. The molecule has 0 aliphatic heterocycles. The van der Waals surface area contributed by atoms with Crippen LogP contribution in [0.1, 0.15) is 0 Å². The third kappa shape index (κ3) is 5.57. The van der Waals surface area contributed by atoms with Gasteiger partial charge in [-0.1, -0.05) is 103 Å². The van der Waals surface area contributed by atoms with Crippen molar-refractivity contribution >= 4 is 21.8 Å². The number of hydrogen-bond acceptors (Lipinski definition) is 5. The van der Waals surface area contributed by atoms with Crippen molar-refractivity contribution in [3.05, 3.63) is 176 Å². The summed E-state index contributed by atoms with van der Waals surface area (Å²) in [5, 5.41) is 2.18. The van der Waals surface area contributed by atoms with Crippen LogP contribution in [-0.4, -0.2) is 24.9 Å². The number of pyridine rings is 3. The molecule has 0 N–H and O–H groups in total. The van der Waals surface area contributed by atoms with Gasteiger partial charge in [-0.15, -0.1) is 0 Å². The van der Waals surface area contributed by atoms with Crippen molar-refractivity contribution in [2.75, 3.05) is 0 Å². The molecule has 0 aliphatic rings. The summed E-state index contributed by atoms with van der Waals surface area (Å²) >= 11 is 0. The molecule has 234 valence electrons. The molecule has 0 radical (unpaired) electrons. The van der Waals surface area contributed by atoms with Gasteiger partial charge in [-0.2, -0.15) is 0 Å². The molecular formula is C45H29N5. The third-order valence-electron chi connectivity index (χ3n) is 9.07. The fourth-order valence-electron chi connectivity index (χ4n) is 6.60. The molecular weight excluding hydrogens is 611 g/mol. The zero-order valence-corrected chi connectivity index (χ0v) is 27.0. The number of nitrogens with zero attached hydrogens (tertiary/aromatic N) is 5. The molecule has 0 bridgehead atoms. The highest BCUT2D eigenvalue weighted by atomic mass is 14.9. The first-order chi connectivity index (χ1) is 24.8. The Hall–Kier alpha value is -6.85. The van der Waals surface area contributed by atoms with Gasteiger partial charge in [-0.25, -0.2) is 9.97 Å². The van der Waals surface area contributed by atoms with Crippen LogP contribution in [0.5, 0.6) is 0 Å². The van der Waals surface area contributed by atoms with Gasteiger partial charge < -0.3 is 0 Å². The minimum absolute atomic E-state index is 0.637. The summed E-state index contributed by atoms with van der Waals surface area (Å²) in [7, 11) is 0. The molecule has 0 spiro atoms. The lowest BCUT2D eigenvalue weighted by Crippen LogP contribution is -1.97. The van der Waals surface area contributed by atoms with Crippen molar-refractivity contribution in [1.82, 2.24) is 24.9 Å². The van der Waals surface area contributed by atoms with Gasteiger partial charge in [0.25, 0.3) is 0 Å². The van der Waals surface area contributed by atoms with Crippen LogP contribution < -0.4 is 0 Å². The van der Waals surface area contributed by atoms with Gasteiger partial charge >= 0.3 is 0 Å². The maximum absolute atomic E-state index is 5.19. The Balaban J connectivity index is 1.27. The Morgan fingerprint density at radius 3 is 1.46 bits per heavy atom. The zero-order valence-electron chi connectivity index (χ0n) is 27.0. The SMILES string of the molecule is c1ccc(-c2ccc(-c3cc(-c4cc(-c5cccc6cccnc56)cc(-c5cccc6cccnc56)c4)nc(-c4ccncc4)n3)cc2)cc1. The summed E-state index contributed by atoms with van der Waals surface area (Å²) in [6.45, 7) is 0. The highest BCUT2D eigenvalue weighted by Gasteiger charge is 2.16. The van der Waals surface area contributed by atoms with E-state index in [-0.39, 0.29) is 0 Å². The second-order valence-corrected chi connectivity index (χ2v) is 12.2. The van der Waals surface area contributed by atoms with E-state index in [1.54, 1.807) is 12.4 Å². The first kappa shape index (κ1) is 29.3. The summed E-state index contributed by atoms with van der Waals surface area (Å²) < 4.78 is 0. The molecule has 9 rings (SSSR count). The van der Waals surface area contributed by atoms with Gasteiger partial charge in [0.05, 0.1) is 22.4 Å². The van der Waals surface area contributed by atoms with Gasteiger partial charge in [-0.3, -0.25) is 15.0 Å². The summed E-state index contributed by atoms with van der Waals surface area (Å²) in [6.07, 6.45) is 7.26. The van der Waals surface area contributed by atoms with Crippen LogP contribution >= 0.6 is 0 Å². The van der Waals surface area contributed by atoms with Crippen molar-refractivity contribution in [3.8, 4) is 67.3 Å². The van der Waals surface area contributed by atoms with Crippen LogP contribution in [0.2, 0.25) is 0 Å². The van der Waals surface area contributed by atoms with Crippen LogP contribution in [0, 0.1) is 0 Å². The molecule has 5 heteroatoms. The second-order valence-electron chi connectivity index (χ2n) is 12.2. The first-order valence-corrected chi connectivity index (χ1v) is 16.6. The summed E-state index contributed by atoms with van der Waals surface area (Å²) in [5.74, 6) is 0.637. The van der Waals surface area contributed by atoms with Crippen LogP contribution in [0.15, 0.2) is 176 Å². The average molecular weight is 640 g/mol. The summed E-state index contributed by atoms with van der Waals surface area (Å²) in [5.41, 5.74) is 13.0. The van der Waals surface area contributed by atoms with E-state index < -0.39 is 0 Å². The predicted octanol–water partition coefficient (Wildman–Crippen LogP) is 11.0. The van der Waals surface area contributed by atoms with Crippen molar-refractivity contribution in [2.45, 2.75) is 0 Å². The summed E-state index contributed by atoms with van der Waals surface area (Å²) in [6, 6.07) is 52.5. The standard InChI is InChI=1S/C45H29N5/c1-2-8-30(9-3-1)31-16-18-32(19-17-31)41-29-42(50-45(49-41)35-20-24-46-25-21-35)38-27-36(39-14-4-10-33-12-6-22-47-43(33)39)26-37(28-38)40-15-5-11-34-13-7-23-48-44(34)40/h1-29H. The lowest BCUT2D eigenvalue weighted by Gasteiger charge is -2.15. The fourth-order valence-corrected chi connectivity index (χ4v) is 6.60. The van der Waals surface area contributed by atoms with E-state index in [1.165, 1.54) is 5.56 Å². The van der Waals surface area contributed by atoms with Crippen molar-refractivity contribution in [1.29, 1.82) is 0 Å². The molecule has 5 nitrogen and oxygen atoms in total. The highest BCUT2D eigenvalue weighted by Crippen LogP contribution is 2.38. The lowest BCUT2D eigenvalue weighted by atomic mass is 9.92. The predicted molar refractivity (Wildman–Crippen MR) is 203 cm³/mol. The number of para-hydroxylation sites is 2. The van der Waals surface area contributed by atoms with E-state index in [0.717, 1.165) is 77.7 Å². The molecule has 0 saturated heterocycles. The maximum Gasteiger partial charge on any atom is 0.160 e. The third-order valence-corrected chi connectivity index (χ3v) is 9.07. The van der Waals surface area contributed by atoms with Gasteiger partial charge in [0.2, 0.25) is 0 Å². The number of hydrogen-bond donors (Lipinski definition) is 0. The van der Waals surface area contributed by atoms with Gasteiger partial charge in [0.1, 0.15) is 0 Å². The molecule has 0 amide bonds. The monoisotopic (exact) mass is 639 g/mol. The molecule has 50 heavy (non-hydrogen) atoms. The smallest absolute Gasteiger partial charge is 0.160 e. The Morgan fingerprint density at radius 1 is 0.320 bits per heavy atom. The molecule has 4 aromatic heterocycles. The van der Waals surface area contributed by atoms with Gasteiger partial charge in [-0.05, 0) is 70.8 Å². The topological polar surface area (TPSA) is 64.5 Å².